The van der Waals surface area contributed by atoms with Crippen LogP contribution in [0.15, 0.2) is 30.3 Å². The van der Waals surface area contributed by atoms with Crippen molar-refractivity contribution < 1.29 is 18.2 Å². The molecule has 1 fully saturated rings. The fourth-order valence-corrected chi connectivity index (χ4v) is 9.98. The lowest BCUT2D eigenvalue weighted by atomic mass is 10.1. The van der Waals surface area contributed by atoms with Crippen LogP contribution < -0.4 is 5.30 Å². The molecule has 1 aliphatic rings. The van der Waals surface area contributed by atoms with E-state index in [1.165, 1.54) is 0 Å². The second-order valence-corrected chi connectivity index (χ2v) is 11.3. The van der Waals surface area contributed by atoms with Gasteiger partial charge in [-0.1, -0.05) is 37.3 Å². The maximum Gasteiger partial charge on any atom is 0.334 e. The van der Waals surface area contributed by atoms with Gasteiger partial charge in [0.2, 0.25) is 0 Å². The smallest absolute Gasteiger partial charge is 0.319 e. The Morgan fingerprint density at radius 3 is 2.27 bits per heavy atom. The number of benzene rings is 1. The number of rotatable bonds is 6. The lowest BCUT2D eigenvalue weighted by Gasteiger charge is -2.36. The summed E-state index contributed by atoms with van der Waals surface area (Å²) in [5.41, 5.74) is -0.276. The third-order valence-corrected chi connectivity index (χ3v) is 10.4. The highest BCUT2D eigenvalue weighted by atomic mass is 31.2. The summed E-state index contributed by atoms with van der Waals surface area (Å²) in [7, 11) is -5.76. The Balaban J connectivity index is 2.31. The van der Waals surface area contributed by atoms with Gasteiger partial charge in [-0.2, -0.15) is 0 Å². The summed E-state index contributed by atoms with van der Waals surface area (Å²) >= 11 is 0. The van der Waals surface area contributed by atoms with E-state index in [4.69, 9.17) is 9.05 Å². The van der Waals surface area contributed by atoms with Crippen LogP contribution in [0.25, 0.3) is 0 Å². The van der Waals surface area contributed by atoms with Gasteiger partial charge in [0.05, 0.1) is 18.9 Å². The van der Waals surface area contributed by atoms with Gasteiger partial charge in [-0.15, -0.1) is 0 Å². The predicted molar refractivity (Wildman–Crippen MR) is 91.8 cm³/mol. The molecule has 22 heavy (non-hydrogen) atoms. The molecule has 0 aliphatic carbocycles. The molecule has 1 aromatic carbocycles. The fraction of sp³-hybridized carbons (Fsp3) is 0.625. The van der Waals surface area contributed by atoms with Gasteiger partial charge in [-0.3, -0.25) is 4.57 Å². The first-order valence-electron chi connectivity index (χ1n) is 7.96. The van der Waals surface area contributed by atoms with Crippen LogP contribution in [0.3, 0.4) is 0 Å². The Morgan fingerprint density at radius 1 is 1.14 bits per heavy atom. The van der Waals surface area contributed by atoms with E-state index in [-0.39, 0.29) is 11.6 Å². The Bertz CT molecular complexity index is 563. The third kappa shape index (κ3) is 3.92. The van der Waals surface area contributed by atoms with Crippen molar-refractivity contribution in [2.24, 2.45) is 5.92 Å². The first kappa shape index (κ1) is 17.9. The van der Waals surface area contributed by atoms with Gasteiger partial charge in [0.25, 0.3) is 0 Å². The van der Waals surface area contributed by atoms with Crippen molar-refractivity contribution in [3.63, 3.8) is 0 Å². The maximum absolute atomic E-state index is 13.5. The zero-order valence-electron chi connectivity index (χ0n) is 13.6. The van der Waals surface area contributed by atoms with Crippen molar-refractivity contribution in [1.82, 2.24) is 0 Å². The van der Waals surface area contributed by atoms with Crippen molar-refractivity contribution in [2.75, 3.05) is 25.5 Å². The Hall–Kier alpha value is -0.400. The molecular formula is C16H26O4P2. The molecular weight excluding hydrogens is 318 g/mol. The van der Waals surface area contributed by atoms with Crippen molar-refractivity contribution in [3.05, 3.63) is 30.3 Å². The molecule has 0 spiro atoms. The van der Waals surface area contributed by atoms with E-state index >= 15 is 0 Å². The first-order chi connectivity index (χ1) is 10.4. The minimum absolute atomic E-state index is 0.249. The van der Waals surface area contributed by atoms with E-state index in [1.807, 2.05) is 44.2 Å². The molecule has 6 heteroatoms. The van der Waals surface area contributed by atoms with Crippen LogP contribution in [0.4, 0.5) is 0 Å². The van der Waals surface area contributed by atoms with E-state index in [9.17, 15) is 9.13 Å². The number of hydrogen-bond donors (Lipinski definition) is 0. The molecule has 1 aromatic rings. The summed E-state index contributed by atoms with van der Waals surface area (Å²) in [5, 5.41) is 0.881. The Kier molecular flexibility index (Phi) is 6.07. The molecule has 2 rings (SSSR count). The molecule has 1 heterocycles. The van der Waals surface area contributed by atoms with Crippen LogP contribution in [0, 0.1) is 5.92 Å². The highest BCUT2D eigenvalue weighted by Gasteiger charge is 2.45. The zero-order valence-corrected chi connectivity index (χ0v) is 15.4. The largest absolute Gasteiger partial charge is 0.334 e. The first-order valence-corrected chi connectivity index (χ1v) is 11.6. The van der Waals surface area contributed by atoms with Crippen LogP contribution >= 0.6 is 14.7 Å². The standard InChI is InChI=1S/C16H26O4P2/c1-4-19-22(18,20-5-2)16-11-14(3)12-21(17,13-16)15-9-7-6-8-10-15/h6-10,14,16H,4-5,11-13H2,1-3H3/t14-,16+,21?/m1/s1. The van der Waals surface area contributed by atoms with E-state index in [0.717, 1.165) is 11.7 Å². The van der Waals surface area contributed by atoms with Crippen molar-refractivity contribution in [2.45, 2.75) is 32.9 Å². The molecule has 0 saturated carbocycles. The average molecular weight is 344 g/mol. The molecule has 0 aromatic heterocycles. The molecule has 3 atom stereocenters. The van der Waals surface area contributed by atoms with E-state index in [0.29, 0.717) is 25.5 Å². The Morgan fingerprint density at radius 2 is 1.73 bits per heavy atom. The molecule has 124 valence electrons. The SMILES string of the molecule is CCOP(=O)(OCC)[C@H]1C[C@@H](C)CP(=O)(c2ccccc2)C1. The summed E-state index contributed by atoms with van der Waals surface area (Å²) in [6, 6.07) is 9.58. The lowest BCUT2D eigenvalue weighted by molar-refractivity contribution is 0.209. The fourth-order valence-electron chi connectivity index (χ4n) is 3.28. The molecule has 0 amide bonds. The molecule has 0 radical (unpaired) electrons. The molecule has 1 saturated heterocycles. The van der Waals surface area contributed by atoms with Crippen molar-refractivity contribution in [1.29, 1.82) is 0 Å². The maximum atomic E-state index is 13.5. The van der Waals surface area contributed by atoms with Gasteiger partial charge in [-0.25, -0.2) is 0 Å². The van der Waals surface area contributed by atoms with Gasteiger partial charge in [0.15, 0.2) is 0 Å². The second kappa shape index (κ2) is 7.45. The van der Waals surface area contributed by atoms with Crippen LogP contribution in [0.1, 0.15) is 27.2 Å². The van der Waals surface area contributed by atoms with E-state index in [1.54, 1.807) is 0 Å². The zero-order chi connectivity index (χ0) is 16.2. The summed E-state index contributed by atoms with van der Waals surface area (Å²) in [5.74, 6) is 0.249. The lowest BCUT2D eigenvalue weighted by Crippen LogP contribution is -2.31. The highest BCUT2D eigenvalue weighted by Crippen LogP contribution is 2.63. The third-order valence-electron chi connectivity index (χ3n) is 4.08. The molecule has 1 aliphatic heterocycles. The van der Waals surface area contributed by atoms with Crippen molar-refractivity contribution >= 4 is 20.0 Å². The van der Waals surface area contributed by atoms with E-state index in [2.05, 4.69) is 6.92 Å². The summed E-state index contributed by atoms with van der Waals surface area (Å²) < 4.78 is 37.5. The Labute approximate surface area is 133 Å². The number of hydrogen-bond acceptors (Lipinski definition) is 4. The van der Waals surface area contributed by atoms with Crippen LogP contribution in [0.5, 0.6) is 0 Å². The van der Waals surface area contributed by atoms with Gasteiger partial charge in [0, 0.05) is 17.6 Å². The van der Waals surface area contributed by atoms with Crippen LogP contribution in [0.2, 0.25) is 0 Å². The quantitative estimate of drug-likeness (QED) is 0.720. The minimum atomic E-state index is -3.20. The molecule has 1 unspecified atom stereocenters. The summed E-state index contributed by atoms with van der Waals surface area (Å²) in [6.45, 7) is 6.39. The monoisotopic (exact) mass is 344 g/mol. The highest BCUT2D eigenvalue weighted by molar-refractivity contribution is 7.72. The van der Waals surface area contributed by atoms with Gasteiger partial charge >= 0.3 is 7.60 Å². The van der Waals surface area contributed by atoms with Gasteiger partial charge in [0.1, 0.15) is 7.14 Å². The van der Waals surface area contributed by atoms with Crippen LogP contribution in [-0.2, 0) is 18.2 Å². The minimum Gasteiger partial charge on any atom is -0.319 e. The van der Waals surface area contributed by atoms with Crippen molar-refractivity contribution in [3.8, 4) is 0 Å². The molecule has 0 N–H and O–H groups in total. The predicted octanol–water partition coefficient (Wildman–Crippen LogP) is 4.35. The van der Waals surface area contributed by atoms with Gasteiger partial charge in [-0.05, 0) is 26.2 Å². The van der Waals surface area contributed by atoms with Gasteiger partial charge < -0.3 is 13.6 Å². The summed E-state index contributed by atoms with van der Waals surface area (Å²) in [4.78, 5) is 0. The second-order valence-electron chi connectivity index (χ2n) is 5.96. The molecule has 0 bridgehead atoms. The normalized spacial score (nSPS) is 29.4. The topological polar surface area (TPSA) is 52.6 Å². The average Bonchev–Trinajstić information content (AvgIpc) is 2.48. The summed E-state index contributed by atoms with van der Waals surface area (Å²) in [6.07, 6.45) is 1.83. The molecule has 4 nitrogen and oxygen atoms in total. The van der Waals surface area contributed by atoms with E-state index < -0.39 is 14.7 Å². The van der Waals surface area contributed by atoms with Crippen LogP contribution in [-0.4, -0.2) is 31.2 Å².